The number of unbranched alkanes of at least 4 members (excludes halogenated alkanes) is 1. The van der Waals surface area contributed by atoms with Crippen molar-refractivity contribution in [1.29, 1.82) is 0 Å². The van der Waals surface area contributed by atoms with Crippen LogP contribution in [0.5, 0.6) is 0 Å². The molecule has 0 unspecified atom stereocenters. The molecule has 0 bridgehead atoms. The molecule has 1 aromatic carbocycles. The summed E-state index contributed by atoms with van der Waals surface area (Å²) in [6.07, 6.45) is 2.04. The Hall–Kier alpha value is -1.89. The van der Waals surface area contributed by atoms with Gasteiger partial charge < -0.3 is 15.7 Å². The number of carboxylic acids is 1. The van der Waals surface area contributed by atoms with Crippen LogP contribution in [0.1, 0.15) is 43.0 Å². The molecule has 0 aliphatic heterocycles. The number of carbonyl (C=O) groups is 3. The van der Waals surface area contributed by atoms with E-state index in [1.165, 1.54) is 0 Å². The van der Waals surface area contributed by atoms with E-state index in [0.717, 1.165) is 17.3 Å². The lowest BCUT2D eigenvalue weighted by Gasteiger charge is -2.14. The van der Waals surface area contributed by atoms with E-state index < -0.39 is 12.0 Å². The third-order valence-corrected chi connectivity index (χ3v) is 3.75. The minimum absolute atomic E-state index is 0.0399. The Bertz CT molecular complexity index is 546. The van der Waals surface area contributed by atoms with Crippen molar-refractivity contribution in [2.24, 2.45) is 0 Å². The highest BCUT2D eigenvalue weighted by Crippen LogP contribution is 2.10. The summed E-state index contributed by atoms with van der Waals surface area (Å²) in [7, 11) is 0. The van der Waals surface area contributed by atoms with Crippen molar-refractivity contribution in [3.05, 3.63) is 34.3 Å². The van der Waals surface area contributed by atoms with Gasteiger partial charge in [-0.1, -0.05) is 35.7 Å². The summed E-state index contributed by atoms with van der Waals surface area (Å²) in [5, 5.41) is 14.2. The van der Waals surface area contributed by atoms with Crippen LogP contribution in [-0.4, -0.2) is 35.5 Å². The lowest BCUT2D eigenvalue weighted by atomic mass is 10.1. The predicted octanol–water partition coefficient (Wildman–Crippen LogP) is 2.33. The number of carbonyl (C=O) groups excluding carboxylic acids is 2. The van der Waals surface area contributed by atoms with Crippen molar-refractivity contribution in [2.45, 2.75) is 38.6 Å². The summed E-state index contributed by atoms with van der Waals surface area (Å²) < 4.78 is 0.875. The molecule has 3 N–H and O–H groups in total. The molecule has 7 heteroatoms. The van der Waals surface area contributed by atoms with E-state index in [0.29, 0.717) is 12.0 Å². The molecule has 1 aromatic rings. The van der Waals surface area contributed by atoms with Gasteiger partial charge in [-0.25, -0.2) is 4.79 Å². The Labute approximate surface area is 143 Å². The van der Waals surface area contributed by atoms with Gasteiger partial charge in [0.05, 0.1) is 0 Å². The van der Waals surface area contributed by atoms with Crippen LogP contribution in [0.15, 0.2) is 28.7 Å². The molecule has 0 aromatic heterocycles. The Kier molecular flexibility index (Phi) is 8.32. The second-order valence-electron chi connectivity index (χ2n) is 5.11. The molecule has 0 heterocycles. The van der Waals surface area contributed by atoms with Gasteiger partial charge in [-0.05, 0) is 30.7 Å². The number of halogens is 1. The summed E-state index contributed by atoms with van der Waals surface area (Å²) in [5.41, 5.74) is 0.500. The van der Waals surface area contributed by atoms with E-state index in [1.807, 2.05) is 6.92 Å². The quantitative estimate of drug-likeness (QED) is 0.608. The summed E-state index contributed by atoms with van der Waals surface area (Å²) in [6.45, 7) is 2.11. The fraction of sp³-hybridized carbons (Fsp3) is 0.438. The van der Waals surface area contributed by atoms with Gasteiger partial charge in [0.15, 0.2) is 0 Å². The van der Waals surface area contributed by atoms with Gasteiger partial charge in [0.2, 0.25) is 5.91 Å². The van der Waals surface area contributed by atoms with E-state index in [9.17, 15) is 14.4 Å². The van der Waals surface area contributed by atoms with Crippen LogP contribution in [0.2, 0.25) is 0 Å². The average molecular weight is 385 g/mol. The van der Waals surface area contributed by atoms with Crippen molar-refractivity contribution >= 4 is 33.7 Å². The first kappa shape index (κ1) is 19.2. The number of benzene rings is 1. The maximum atomic E-state index is 11.9. The van der Waals surface area contributed by atoms with Gasteiger partial charge in [-0.15, -0.1) is 0 Å². The highest BCUT2D eigenvalue weighted by molar-refractivity contribution is 9.10. The summed E-state index contributed by atoms with van der Waals surface area (Å²) >= 11 is 3.29. The van der Waals surface area contributed by atoms with Gasteiger partial charge in [0.1, 0.15) is 6.04 Å². The zero-order valence-electron chi connectivity index (χ0n) is 13.0. The first-order chi connectivity index (χ1) is 10.9. The normalized spacial score (nSPS) is 11.6. The fourth-order valence-electron chi connectivity index (χ4n) is 1.93. The molecule has 126 valence electrons. The lowest BCUT2D eigenvalue weighted by molar-refractivity contribution is -0.142. The van der Waals surface area contributed by atoms with Crippen LogP contribution in [-0.2, 0) is 9.59 Å². The third-order valence-electron chi connectivity index (χ3n) is 3.22. The van der Waals surface area contributed by atoms with Crippen molar-refractivity contribution < 1.29 is 19.5 Å². The average Bonchev–Trinajstić information content (AvgIpc) is 2.51. The highest BCUT2D eigenvalue weighted by Gasteiger charge is 2.18. The van der Waals surface area contributed by atoms with Gasteiger partial charge in [-0.2, -0.15) is 0 Å². The SMILES string of the molecule is CCCC[C@H](NC(=O)CCNC(=O)c1ccc(Br)cc1)C(=O)O. The first-order valence-corrected chi connectivity index (χ1v) is 8.29. The molecule has 1 atom stereocenters. The topological polar surface area (TPSA) is 95.5 Å². The number of amides is 2. The van der Waals surface area contributed by atoms with Crippen LogP contribution >= 0.6 is 15.9 Å². The number of aliphatic carboxylic acids is 1. The number of nitrogens with one attached hydrogen (secondary N) is 2. The second kappa shape index (κ2) is 9.99. The molecule has 1 rings (SSSR count). The minimum Gasteiger partial charge on any atom is -0.480 e. The third kappa shape index (κ3) is 7.27. The summed E-state index contributed by atoms with van der Waals surface area (Å²) in [6, 6.07) is 5.99. The molecule has 23 heavy (non-hydrogen) atoms. The Morgan fingerprint density at radius 3 is 2.43 bits per heavy atom. The second-order valence-corrected chi connectivity index (χ2v) is 6.03. The summed E-state index contributed by atoms with van der Waals surface area (Å²) in [5.74, 6) is -1.69. The molecule has 0 spiro atoms. The number of rotatable bonds is 9. The van der Waals surface area contributed by atoms with Crippen LogP contribution in [0.4, 0.5) is 0 Å². The molecule has 0 fully saturated rings. The van der Waals surface area contributed by atoms with Crippen molar-refractivity contribution in [3.8, 4) is 0 Å². The highest BCUT2D eigenvalue weighted by atomic mass is 79.9. The van der Waals surface area contributed by atoms with Gasteiger partial charge in [-0.3, -0.25) is 9.59 Å². The molecule has 0 saturated carbocycles. The molecular weight excluding hydrogens is 364 g/mol. The standard InChI is InChI=1S/C16H21BrN2O4/c1-2-3-4-13(16(22)23)19-14(20)9-10-18-15(21)11-5-7-12(17)8-6-11/h5-8,13H,2-4,9-10H2,1H3,(H,18,21)(H,19,20)(H,22,23)/t13-/m0/s1. The Morgan fingerprint density at radius 2 is 1.87 bits per heavy atom. The monoisotopic (exact) mass is 384 g/mol. The minimum atomic E-state index is -1.04. The number of carboxylic acid groups (broad SMARTS) is 1. The maximum Gasteiger partial charge on any atom is 0.326 e. The van der Waals surface area contributed by atoms with E-state index in [4.69, 9.17) is 5.11 Å². The van der Waals surface area contributed by atoms with E-state index in [2.05, 4.69) is 26.6 Å². The molecular formula is C16H21BrN2O4. The van der Waals surface area contributed by atoms with Crippen LogP contribution < -0.4 is 10.6 Å². The van der Waals surface area contributed by atoms with Gasteiger partial charge in [0, 0.05) is 23.0 Å². The zero-order chi connectivity index (χ0) is 17.2. The Morgan fingerprint density at radius 1 is 1.22 bits per heavy atom. The van der Waals surface area contributed by atoms with E-state index >= 15 is 0 Å². The molecule has 0 aliphatic carbocycles. The van der Waals surface area contributed by atoms with Crippen molar-refractivity contribution in [1.82, 2.24) is 10.6 Å². The van der Waals surface area contributed by atoms with Crippen molar-refractivity contribution in [3.63, 3.8) is 0 Å². The van der Waals surface area contributed by atoms with Crippen LogP contribution in [0.25, 0.3) is 0 Å². The molecule has 0 saturated heterocycles. The first-order valence-electron chi connectivity index (χ1n) is 7.50. The van der Waals surface area contributed by atoms with Gasteiger partial charge >= 0.3 is 5.97 Å². The Balaban J connectivity index is 2.36. The van der Waals surface area contributed by atoms with E-state index in [1.54, 1.807) is 24.3 Å². The fourth-order valence-corrected chi connectivity index (χ4v) is 2.19. The molecule has 2 amide bonds. The zero-order valence-corrected chi connectivity index (χ0v) is 14.6. The molecule has 0 aliphatic rings. The van der Waals surface area contributed by atoms with Gasteiger partial charge in [0.25, 0.3) is 5.91 Å². The predicted molar refractivity (Wildman–Crippen MR) is 90.2 cm³/mol. The lowest BCUT2D eigenvalue weighted by Crippen LogP contribution is -2.41. The summed E-state index contributed by atoms with van der Waals surface area (Å²) in [4.78, 5) is 34.7. The van der Waals surface area contributed by atoms with Crippen molar-refractivity contribution in [2.75, 3.05) is 6.54 Å². The van der Waals surface area contributed by atoms with Crippen LogP contribution in [0, 0.1) is 0 Å². The van der Waals surface area contributed by atoms with Crippen LogP contribution in [0.3, 0.4) is 0 Å². The number of hydrogen-bond donors (Lipinski definition) is 3. The maximum absolute atomic E-state index is 11.9. The van der Waals surface area contributed by atoms with E-state index in [-0.39, 0.29) is 24.8 Å². The number of hydrogen-bond acceptors (Lipinski definition) is 3. The smallest absolute Gasteiger partial charge is 0.326 e. The largest absolute Gasteiger partial charge is 0.480 e. The molecule has 0 radical (unpaired) electrons. The molecule has 6 nitrogen and oxygen atoms in total.